The standard InChI is InChI=1S/C18H24Si/c1-4-19(5-2,6-3)18-14-12-17(13-15-18)16-10-8-7-9-11-16/h4-6,12-16H,1-3,7-11H2. The second kappa shape index (κ2) is 6.20. The molecule has 1 aliphatic rings. The van der Waals surface area contributed by atoms with Crippen molar-refractivity contribution in [1.29, 1.82) is 0 Å². The molecule has 1 saturated carbocycles. The molecule has 19 heavy (non-hydrogen) atoms. The first-order chi connectivity index (χ1) is 9.25. The molecule has 0 aliphatic heterocycles. The van der Waals surface area contributed by atoms with Gasteiger partial charge >= 0.3 is 0 Å². The highest BCUT2D eigenvalue weighted by atomic mass is 28.3. The third kappa shape index (κ3) is 2.81. The van der Waals surface area contributed by atoms with Gasteiger partial charge in [0, 0.05) is 0 Å². The van der Waals surface area contributed by atoms with E-state index in [-0.39, 0.29) is 0 Å². The first-order valence-corrected chi connectivity index (χ1v) is 9.50. The van der Waals surface area contributed by atoms with Crippen molar-refractivity contribution in [3.8, 4) is 0 Å². The summed E-state index contributed by atoms with van der Waals surface area (Å²) in [5, 5.41) is 1.34. The summed E-state index contributed by atoms with van der Waals surface area (Å²) in [6.45, 7) is 11.9. The average molecular weight is 268 g/mol. The van der Waals surface area contributed by atoms with E-state index < -0.39 is 8.07 Å². The fourth-order valence-corrected chi connectivity index (χ4v) is 5.03. The lowest BCUT2D eigenvalue weighted by Gasteiger charge is -2.24. The first-order valence-electron chi connectivity index (χ1n) is 7.27. The lowest BCUT2D eigenvalue weighted by Crippen LogP contribution is -2.42. The van der Waals surface area contributed by atoms with Gasteiger partial charge in [0.2, 0.25) is 0 Å². The van der Waals surface area contributed by atoms with Crippen molar-refractivity contribution in [2.24, 2.45) is 0 Å². The normalized spacial score (nSPS) is 16.8. The van der Waals surface area contributed by atoms with E-state index in [0.717, 1.165) is 5.92 Å². The van der Waals surface area contributed by atoms with E-state index in [9.17, 15) is 0 Å². The van der Waals surface area contributed by atoms with Crippen LogP contribution in [0.3, 0.4) is 0 Å². The van der Waals surface area contributed by atoms with Gasteiger partial charge in [0.05, 0.1) is 0 Å². The highest BCUT2D eigenvalue weighted by Crippen LogP contribution is 2.32. The van der Waals surface area contributed by atoms with Crippen molar-refractivity contribution >= 4 is 13.3 Å². The minimum atomic E-state index is -1.87. The van der Waals surface area contributed by atoms with Crippen LogP contribution in [0.5, 0.6) is 0 Å². The molecule has 0 heterocycles. The van der Waals surface area contributed by atoms with Crippen molar-refractivity contribution in [2.45, 2.75) is 38.0 Å². The summed E-state index contributed by atoms with van der Waals surface area (Å²) in [7, 11) is -1.87. The van der Waals surface area contributed by atoms with Crippen LogP contribution in [0.4, 0.5) is 0 Å². The molecule has 0 N–H and O–H groups in total. The molecule has 1 aromatic rings. The monoisotopic (exact) mass is 268 g/mol. The van der Waals surface area contributed by atoms with Crippen LogP contribution in [-0.4, -0.2) is 8.07 Å². The van der Waals surface area contributed by atoms with Crippen LogP contribution in [0.2, 0.25) is 0 Å². The van der Waals surface area contributed by atoms with Gasteiger partial charge < -0.3 is 0 Å². The van der Waals surface area contributed by atoms with Gasteiger partial charge in [-0.3, -0.25) is 0 Å². The van der Waals surface area contributed by atoms with E-state index in [1.165, 1.54) is 42.9 Å². The molecule has 0 radical (unpaired) electrons. The van der Waals surface area contributed by atoms with Crippen molar-refractivity contribution in [3.63, 3.8) is 0 Å². The van der Waals surface area contributed by atoms with Gasteiger partial charge in [-0.15, -0.1) is 19.7 Å². The van der Waals surface area contributed by atoms with Gasteiger partial charge in [-0.05, 0) is 29.5 Å². The lowest BCUT2D eigenvalue weighted by molar-refractivity contribution is 0.443. The third-order valence-corrected chi connectivity index (χ3v) is 7.86. The van der Waals surface area contributed by atoms with Gasteiger partial charge in [0.15, 0.2) is 8.07 Å². The van der Waals surface area contributed by atoms with E-state index in [0.29, 0.717) is 0 Å². The van der Waals surface area contributed by atoms with Gasteiger partial charge in [-0.1, -0.05) is 60.6 Å². The molecule has 0 aromatic heterocycles. The van der Waals surface area contributed by atoms with Crippen molar-refractivity contribution in [2.75, 3.05) is 0 Å². The molecule has 1 heteroatoms. The smallest absolute Gasteiger partial charge is 0.106 e. The van der Waals surface area contributed by atoms with Crippen LogP contribution in [-0.2, 0) is 0 Å². The first kappa shape index (κ1) is 14.1. The molecule has 0 amide bonds. The maximum absolute atomic E-state index is 3.98. The molecule has 1 aromatic carbocycles. The number of rotatable bonds is 5. The molecule has 1 aliphatic carbocycles. The molecular formula is C18H24Si. The quantitative estimate of drug-likeness (QED) is 0.686. The Labute approximate surface area is 118 Å². The molecule has 0 atom stereocenters. The summed E-state index contributed by atoms with van der Waals surface area (Å²) < 4.78 is 0. The summed E-state index contributed by atoms with van der Waals surface area (Å²) in [5.41, 5.74) is 7.64. The van der Waals surface area contributed by atoms with E-state index in [1.54, 1.807) is 0 Å². The SMILES string of the molecule is C=C[Si](C=C)(C=C)c1ccc(C2CCCCC2)cc1. The summed E-state index contributed by atoms with van der Waals surface area (Å²) in [6.07, 6.45) is 6.89. The highest BCUT2D eigenvalue weighted by Gasteiger charge is 2.24. The van der Waals surface area contributed by atoms with E-state index in [4.69, 9.17) is 0 Å². The fraction of sp³-hybridized carbons (Fsp3) is 0.333. The van der Waals surface area contributed by atoms with Gasteiger partial charge in [0.25, 0.3) is 0 Å². The third-order valence-electron chi connectivity index (χ3n) is 4.50. The molecule has 0 unspecified atom stereocenters. The van der Waals surface area contributed by atoms with Gasteiger partial charge in [-0.2, -0.15) is 0 Å². The predicted octanol–water partition coefficient (Wildman–Crippen LogP) is 4.57. The topological polar surface area (TPSA) is 0 Å². The molecule has 0 saturated heterocycles. The minimum Gasteiger partial charge on any atom is -0.106 e. The van der Waals surface area contributed by atoms with Crippen molar-refractivity contribution in [3.05, 3.63) is 66.7 Å². The second-order valence-corrected chi connectivity index (χ2v) is 9.17. The Bertz CT molecular complexity index is 427. The molecule has 0 bridgehead atoms. The highest BCUT2D eigenvalue weighted by molar-refractivity contribution is 7.03. The zero-order chi connectivity index (χ0) is 13.7. The Morgan fingerprint density at radius 1 is 0.842 bits per heavy atom. The van der Waals surface area contributed by atoms with Gasteiger partial charge in [0.1, 0.15) is 0 Å². The summed E-state index contributed by atoms with van der Waals surface area (Å²) in [5.74, 6) is 0.773. The number of hydrogen-bond donors (Lipinski definition) is 0. The van der Waals surface area contributed by atoms with Gasteiger partial charge in [-0.25, -0.2) is 0 Å². The van der Waals surface area contributed by atoms with E-state index in [1.807, 2.05) is 17.1 Å². The molecule has 2 rings (SSSR count). The molecule has 1 fully saturated rings. The maximum atomic E-state index is 3.98. The summed E-state index contributed by atoms with van der Waals surface area (Å²) >= 11 is 0. The zero-order valence-electron chi connectivity index (χ0n) is 11.8. The van der Waals surface area contributed by atoms with Crippen molar-refractivity contribution in [1.82, 2.24) is 0 Å². The maximum Gasteiger partial charge on any atom is 0.156 e. The molecule has 0 nitrogen and oxygen atoms in total. The Morgan fingerprint density at radius 2 is 1.37 bits per heavy atom. The molecule has 100 valence electrons. The predicted molar refractivity (Wildman–Crippen MR) is 88.2 cm³/mol. The number of benzene rings is 1. The second-order valence-electron chi connectivity index (χ2n) is 5.50. The van der Waals surface area contributed by atoms with E-state index >= 15 is 0 Å². The molecular weight excluding hydrogens is 244 g/mol. The fourth-order valence-electron chi connectivity index (χ4n) is 3.08. The van der Waals surface area contributed by atoms with Crippen LogP contribution in [0, 0.1) is 0 Å². The minimum absolute atomic E-state index is 0.773. The summed E-state index contributed by atoms with van der Waals surface area (Å²) in [6, 6.07) is 9.15. The average Bonchev–Trinajstić information content (AvgIpc) is 2.51. The Morgan fingerprint density at radius 3 is 1.84 bits per heavy atom. The van der Waals surface area contributed by atoms with Crippen molar-refractivity contribution < 1.29 is 0 Å². The van der Waals surface area contributed by atoms with Crippen LogP contribution >= 0.6 is 0 Å². The Hall–Kier alpha value is -1.34. The number of hydrogen-bond acceptors (Lipinski definition) is 0. The van der Waals surface area contributed by atoms with Crippen LogP contribution in [0.25, 0.3) is 0 Å². The van der Waals surface area contributed by atoms with Crippen LogP contribution in [0.1, 0.15) is 43.6 Å². The Kier molecular flexibility index (Phi) is 4.59. The lowest BCUT2D eigenvalue weighted by atomic mass is 9.84. The van der Waals surface area contributed by atoms with Crippen LogP contribution in [0.15, 0.2) is 61.1 Å². The molecule has 0 spiro atoms. The Balaban J connectivity index is 2.24. The van der Waals surface area contributed by atoms with E-state index in [2.05, 4.69) is 44.0 Å². The zero-order valence-corrected chi connectivity index (χ0v) is 12.8. The van der Waals surface area contributed by atoms with Crippen LogP contribution < -0.4 is 5.19 Å². The largest absolute Gasteiger partial charge is 0.156 e. The summed E-state index contributed by atoms with van der Waals surface area (Å²) in [4.78, 5) is 0.